The Hall–Kier alpha value is -4.27. The maximum Gasteiger partial charge on any atom is 0.254 e. The minimum Gasteiger partial charge on any atom is -0.352 e. The third-order valence-corrected chi connectivity index (χ3v) is 5.57. The second-order valence-corrected chi connectivity index (χ2v) is 7.90. The van der Waals surface area contributed by atoms with Crippen LogP contribution in [-0.2, 0) is 0 Å². The van der Waals surface area contributed by atoms with Gasteiger partial charge in [0.15, 0.2) is 11.6 Å². The highest BCUT2D eigenvalue weighted by Gasteiger charge is 2.23. The fourth-order valence-corrected chi connectivity index (χ4v) is 3.82. The molecular weight excluding hydrogens is 416 g/mol. The Morgan fingerprint density at radius 1 is 0.909 bits per heavy atom. The molecule has 33 heavy (non-hydrogen) atoms. The number of pyridine rings is 1. The summed E-state index contributed by atoms with van der Waals surface area (Å²) in [6, 6.07) is 17.1. The van der Waals surface area contributed by atoms with Crippen molar-refractivity contribution >= 4 is 23.4 Å². The number of aromatic nitrogens is 5. The molecule has 9 nitrogen and oxygen atoms in total. The maximum absolute atomic E-state index is 13.0. The molecule has 0 atom stereocenters. The molecule has 0 radical (unpaired) electrons. The van der Waals surface area contributed by atoms with E-state index in [1.54, 1.807) is 17.1 Å². The Kier molecular flexibility index (Phi) is 5.67. The molecule has 9 heteroatoms. The first kappa shape index (κ1) is 20.6. The van der Waals surface area contributed by atoms with Crippen molar-refractivity contribution in [1.29, 1.82) is 0 Å². The number of benzene rings is 1. The van der Waals surface area contributed by atoms with E-state index in [-0.39, 0.29) is 5.91 Å². The van der Waals surface area contributed by atoms with Crippen LogP contribution >= 0.6 is 0 Å². The molecule has 1 aliphatic rings. The fourth-order valence-electron chi connectivity index (χ4n) is 3.82. The van der Waals surface area contributed by atoms with E-state index in [9.17, 15) is 4.79 Å². The Bertz CT molecular complexity index is 1230. The average molecular weight is 441 g/mol. The molecule has 4 heterocycles. The molecule has 0 spiro atoms. The van der Waals surface area contributed by atoms with Gasteiger partial charge in [0.25, 0.3) is 5.91 Å². The molecule has 3 aromatic heterocycles. The van der Waals surface area contributed by atoms with Gasteiger partial charge in [-0.15, -0.1) is 10.2 Å². The first-order chi connectivity index (χ1) is 16.2. The Balaban J connectivity index is 1.19. The molecule has 1 aliphatic heterocycles. The number of rotatable bonds is 5. The average Bonchev–Trinajstić information content (AvgIpc) is 3.40. The van der Waals surface area contributed by atoms with Crippen molar-refractivity contribution in [3.05, 3.63) is 84.3 Å². The molecule has 1 amide bonds. The van der Waals surface area contributed by atoms with E-state index in [2.05, 4.69) is 30.5 Å². The zero-order valence-electron chi connectivity index (χ0n) is 18.3. The van der Waals surface area contributed by atoms with E-state index >= 15 is 0 Å². The van der Waals surface area contributed by atoms with Gasteiger partial charge in [-0.25, -0.2) is 9.67 Å². The lowest BCUT2D eigenvalue weighted by Gasteiger charge is -2.35. The van der Waals surface area contributed by atoms with Crippen molar-refractivity contribution < 1.29 is 4.79 Å². The van der Waals surface area contributed by atoms with Gasteiger partial charge in [-0.1, -0.05) is 6.07 Å². The minimum atomic E-state index is 0.0277. The van der Waals surface area contributed by atoms with Crippen molar-refractivity contribution in [2.24, 2.45) is 0 Å². The molecule has 0 bridgehead atoms. The maximum atomic E-state index is 13.0. The summed E-state index contributed by atoms with van der Waals surface area (Å²) in [6.07, 6.45) is 5.34. The van der Waals surface area contributed by atoms with Crippen molar-refractivity contribution in [3.63, 3.8) is 0 Å². The van der Waals surface area contributed by atoms with Crippen LogP contribution < -0.4 is 10.2 Å². The lowest BCUT2D eigenvalue weighted by atomic mass is 10.1. The molecule has 0 saturated carbocycles. The van der Waals surface area contributed by atoms with Crippen LogP contribution in [-0.4, -0.2) is 61.9 Å². The summed E-state index contributed by atoms with van der Waals surface area (Å²) in [7, 11) is 0. The van der Waals surface area contributed by atoms with Crippen molar-refractivity contribution in [2.75, 3.05) is 36.4 Å². The molecule has 1 N–H and O–H groups in total. The van der Waals surface area contributed by atoms with E-state index in [1.807, 2.05) is 72.6 Å². The number of nitrogens with zero attached hydrogens (tertiary/aromatic N) is 7. The first-order valence-electron chi connectivity index (χ1n) is 10.8. The molecule has 166 valence electrons. The molecule has 0 aliphatic carbocycles. The summed E-state index contributed by atoms with van der Waals surface area (Å²) < 4.78 is 1.75. The van der Waals surface area contributed by atoms with Crippen LogP contribution in [0.2, 0.25) is 0 Å². The number of hydrogen-bond donors (Lipinski definition) is 1. The molecule has 0 unspecified atom stereocenters. The number of anilines is 3. The molecule has 1 saturated heterocycles. The second-order valence-electron chi connectivity index (χ2n) is 7.90. The lowest BCUT2D eigenvalue weighted by Crippen LogP contribution is -2.49. The van der Waals surface area contributed by atoms with E-state index < -0.39 is 0 Å². The summed E-state index contributed by atoms with van der Waals surface area (Å²) in [4.78, 5) is 21.4. The Morgan fingerprint density at radius 3 is 2.52 bits per heavy atom. The monoisotopic (exact) mass is 440 g/mol. The number of hydrogen-bond acceptors (Lipinski definition) is 7. The number of carbonyl (C=O) groups is 1. The number of carbonyl (C=O) groups excluding carboxylic acids is 1. The predicted octanol–water partition coefficient (Wildman–Crippen LogP) is 3.07. The summed E-state index contributed by atoms with van der Waals surface area (Å²) in [6.45, 7) is 4.67. The van der Waals surface area contributed by atoms with E-state index in [0.29, 0.717) is 37.6 Å². The highest BCUT2D eigenvalue weighted by atomic mass is 16.2. The Labute approximate surface area is 191 Å². The highest BCUT2D eigenvalue weighted by Crippen LogP contribution is 2.18. The van der Waals surface area contributed by atoms with Crippen molar-refractivity contribution in [1.82, 2.24) is 29.9 Å². The SMILES string of the molecule is Cc1ccnc(Nc2ccc(N3CCN(C(=O)c4cccc(-n5cccn5)c4)CC3)nn2)c1. The molecule has 5 rings (SSSR count). The predicted molar refractivity (Wildman–Crippen MR) is 126 cm³/mol. The number of nitrogens with one attached hydrogen (secondary N) is 1. The quantitative estimate of drug-likeness (QED) is 0.510. The fraction of sp³-hybridized carbons (Fsp3) is 0.208. The lowest BCUT2D eigenvalue weighted by molar-refractivity contribution is 0.0746. The van der Waals surface area contributed by atoms with E-state index in [0.717, 1.165) is 22.9 Å². The molecule has 1 aromatic carbocycles. The van der Waals surface area contributed by atoms with Crippen molar-refractivity contribution in [2.45, 2.75) is 6.92 Å². The highest BCUT2D eigenvalue weighted by molar-refractivity contribution is 5.95. The van der Waals surface area contributed by atoms with Crippen LogP contribution in [0.4, 0.5) is 17.5 Å². The summed E-state index contributed by atoms with van der Waals surface area (Å²) in [5, 5.41) is 16.1. The zero-order chi connectivity index (χ0) is 22.6. The van der Waals surface area contributed by atoms with Crippen LogP contribution in [0.15, 0.2) is 73.2 Å². The van der Waals surface area contributed by atoms with Crippen molar-refractivity contribution in [3.8, 4) is 5.69 Å². The molecule has 1 fully saturated rings. The van der Waals surface area contributed by atoms with E-state index in [1.165, 1.54) is 0 Å². The number of aryl methyl sites for hydroxylation is 1. The van der Waals surface area contributed by atoms with Crippen LogP contribution in [0.3, 0.4) is 0 Å². The number of piperazine rings is 1. The summed E-state index contributed by atoms with van der Waals surface area (Å²) >= 11 is 0. The Morgan fingerprint density at radius 2 is 1.79 bits per heavy atom. The summed E-state index contributed by atoms with van der Waals surface area (Å²) in [5.41, 5.74) is 2.66. The van der Waals surface area contributed by atoms with Gasteiger partial charge in [0.2, 0.25) is 0 Å². The zero-order valence-corrected chi connectivity index (χ0v) is 18.3. The topological polar surface area (TPSA) is 92.1 Å². The minimum absolute atomic E-state index is 0.0277. The summed E-state index contributed by atoms with van der Waals surface area (Å²) in [5.74, 6) is 2.20. The van der Waals surface area contributed by atoms with Gasteiger partial charge in [-0.2, -0.15) is 5.10 Å². The van der Waals surface area contributed by atoms with Gasteiger partial charge < -0.3 is 15.1 Å². The third kappa shape index (κ3) is 4.67. The van der Waals surface area contributed by atoms with Gasteiger partial charge in [-0.05, 0) is 61.0 Å². The van der Waals surface area contributed by atoms with Crippen LogP contribution in [0, 0.1) is 6.92 Å². The van der Waals surface area contributed by atoms with Crippen LogP contribution in [0.25, 0.3) is 5.69 Å². The third-order valence-electron chi connectivity index (χ3n) is 5.57. The standard InChI is InChI=1S/C24H24N8O/c1-18-8-10-25-22(16-18)27-21-6-7-23(29-28-21)30-12-14-31(15-13-30)24(33)19-4-2-5-20(17-19)32-11-3-9-26-32/h2-11,16-17H,12-15H2,1H3,(H,25,27,28). The first-order valence-corrected chi connectivity index (χ1v) is 10.8. The van der Waals surface area contributed by atoms with Gasteiger partial charge in [0.05, 0.1) is 5.69 Å². The largest absolute Gasteiger partial charge is 0.352 e. The van der Waals surface area contributed by atoms with Gasteiger partial charge in [0.1, 0.15) is 5.82 Å². The van der Waals surface area contributed by atoms with Crippen LogP contribution in [0.1, 0.15) is 15.9 Å². The van der Waals surface area contributed by atoms with Gasteiger partial charge in [-0.3, -0.25) is 4.79 Å². The van der Waals surface area contributed by atoms with Gasteiger partial charge in [0, 0.05) is 50.3 Å². The van der Waals surface area contributed by atoms with E-state index in [4.69, 9.17) is 0 Å². The second kappa shape index (κ2) is 9.07. The molecule has 4 aromatic rings. The van der Waals surface area contributed by atoms with Crippen LogP contribution in [0.5, 0.6) is 0 Å². The number of amides is 1. The van der Waals surface area contributed by atoms with Gasteiger partial charge >= 0.3 is 0 Å². The normalized spacial score (nSPS) is 13.7. The molecular formula is C24H24N8O. The smallest absolute Gasteiger partial charge is 0.254 e.